The second-order valence-electron chi connectivity index (χ2n) is 12.9. The van der Waals surface area contributed by atoms with Crippen LogP contribution >= 0.6 is 0 Å². The molecule has 0 aliphatic heterocycles. The van der Waals surface area contributed by atoms with Crippen LogP contribution in [0.2, 0.25) is 0 Å². The van der Waals surface area contributed by atoms with E-state index in [4.69, 9.17) is 9.97 Å². The molecule has 2 nitrogen and oxygen atoms in total. The molecular formula is C45H32N2. The second-order valence-corrected chi connectivity index (χ2v) is 12.9. The van der Waals surface area contributed by atoms with E-state index < -0.39 is 5.41 Å². The molecule has 2 unspecified atom stereocenters. The van der Waals surface area contributed by atoms with Gasteiger partial charge in [0.1, 0.15) is 0 Å². The monoisotopic (exact) mass is 600 g/mol. The molecule has 47 heavy (non-hydrogen) atoms. The first-order chi connectivity index (χ1) is 23.1. The Morgan fingerprint density at radius 1 is 0.532 bits per heavy atom. The number of nitrogens with zero attached hydrogens (tertiary/aromatic N) is 2. The van der Waals surface area contributed by atoms with Crippen molar-refractivity contribution in [2.75, 3.05) is 0 Å². The van der Waals surface area contributed by atoms with Crippen molar-refractivity contribution in [2.24, 2.45) is 5.41 Å². The number of hydrogen-bond donors (Lipinski definition) is 0. The van der Waals surface area contributed by atoms with Crippen LogP contribution in [-0.4, -0.2) is 9.97 Å². The molecule has 0 bridgehead atoms. The van der Waals surface area contributed by atoms with Crippen molar-refractivity contribution in [2.45, 2.75) is 12.3 Å². The SMILES string of the molecule is C=CC1(C)C=CC2=C(C=C1)C1(c3ccccc32)c2ccccc2-c2ccc(-c3nc(-c4ccccc4)cc(-c4ccccc4)n3)cc21. The first-order valence-electron chi connectivity index (χ1n) is 16.2. The quantitative estimate of drug-likeness (QED) is 0.188. The molecule has 0 amide bonds. The fourth-order valence-corrected chi connectivity index (χ4v) is 7.74. The van der Waals surface area contributed by atoms with E-state index in [1.807, 2.05) is 18.2 Å². The number of hydrogen-bond acceptors (Lipinski definition) is 2. The Hall–Kier alpha value is -5.86. The Morgan fingerprint density at radius 2 is 1.09 bits per heavy atom. The highest BCUT2D eigenvalue weighted by Crippen LogP contribution is 2.63. The second kappa shape index (κ2) is 10.3. The highest BCUT2D eigenvalue weighted by molar-refractivity contribution is 5.98. The van der Waals surface area contributed by atoms with Crippen LogP contribution in [0.4, 0.5) is 0 Å². The molecule has 0 N–H and O–H groups in total. The molecule has 9 rings (SSSR count). The Bertz CT molecular complexity index is 2270. The van der Waals surface area contributed by atoms with Crippen molar-refractivity contribution in [3.8, 4) is 45.0 Å². The van der Waals surface area contributed by atoms with Crippen LogP contribution in [0.1, 0.15) is 29.2 Å². The summed E-state index contributed by atoms with van der Waals surface area (Å²) in [5.41, 5.74) is 14.5. The zero-order valence-corrected chi connectivity index (χ0v) is 26.2. The smallest absolute Gasteiger partial charge is 0.160 e. The Labute approximate surface area is 275 Å². The van der Waals surface area contributed by atoms with Crippen molar-refractivity contribution < 1.29 is 0 Å². The predicted molar refractivity (Wildman–Crippen MR) is 194 cm³/mol. The van der Waals surface area contributed by atoms with E-state index in [0.717, 1.165) is 33.9 Å². The van der Waals surface area contributed by atoms with Crippen LogP contribution in [0.5, 0.6) is 0 Å². The molecule has 3 aliphatic carbocycles. The number of rotatable bonds is 4. The normalized spacial score (nSPS) is 20.0. The zero-order valence-electron chi connectivity index (χ0n) is 26.2. The summed E-state index contributed by atoms with van der Waals surface area (Å²) in [6.07, 6.45) is 11.3. The zero-order chi connectivity index (χ0) is 31.6. The number of benzene rings is 5. The summed E-state index contributed by atoms with van der Waals surface area (Å²) in [5, 5.41) is 0. The van der Waals surface area contributed by atoms with E-state index in [1.54, 1.807) is 0 Å². The van der Waals surface area contributed by atoms with Gasteiger partial charge in [0, 0.05) is 22.1 Å². The summed E-state index contributed by atoms with van der Waals surface area (Å²) in [7, 11) is 0. The molecule has 1 aromatic heterocycles. The maximum Gasteiger partial charge on any atom is 0.160 e. The highest BCUT2D eigenvalue weighted by Gasteiger charge is 2.52. The molecule has 2 atom stereocenters. The molecule has 3 aliphatic rings. The van der Waals surface area contributed by atoms with E-state index >= 15 is 0 Å². The van der Waals surface area contributed by atoms with Crippen LogP contribution in [0.3, 0.4) is 0 Å². The first-order valence-corrected chi connectivity index (χ1v) is 16.2. The average Bonchev–Trinajstić information content (AvgIpc) is 3.51. The fraction of sp³-hybridized carbons (Fsp3) is 0.0667. The van der Waals surface area contributed by atoms with Crippen LogP contribution in [0.25, 0.3) is 50.6 Å². The minimum atomic E-state index is -0.472. The number of allylic oxidation sites excluding steroid dienone is 7. The minimum Gasteiger partial charge on any atom is -0.228 e. The largest absolute Gasteiger partial charge is 0.228 e. The van der Waals surface area contributed by atoms with E-state index in [1.165, 1.54) is 44.5 Å². The van der Waals surface area contributed by atoms with Crippen LogP contribution in [0, 0.1) is 5.41 Å². The van der Waals surface area contributed by atoms with Gasteiger partial charge in [-0.25, -0.2) is 9.97 Å². The van der Waals surface area contributed by atoms with Gasteiger partial charge in [0.15, 0.2) is 5.82 Å². The predicted octanol–water partition coefficient (Wildman–Crippen LogP) is 10.9. The lowest BCUT2D eigenvalue weighted by molar-refractivity contribution is 0.715. The minimum absolute atomic E-state index is 0.233. The summed E-state index contributed by atoms with van der Waals surface area (Å²) in [6, 6.07) is 47.6. The van der Waals surface area contributed by atoms with Gasteiger partial charge in [-0.1, -0.05) is 152 Å². The summed E-state index contributed by atoms with van der Waals surface area (Å²) >= 11 is 0. The lowest BCUT2D eigenvalue weighted by Gasteiger charge is -2.32. The van der Waals surface area contributed by atoms with Gasteiger partial charge in [0.05, 0.1) is 16.8 Å². The molecule has 0 radical (unpaired) electrons. The summed E-state index contributed by atoms with van der Waals surface area (Å²) in [4.78, 5) is 10.4. The average molecular weight is 601 g/mol. The maximum atomic E-state index is 5.20. The van der Waals surface area contributed by atoms with E-state index in [2.05, 4.69) is 159 Å². The van der Waals surface area contributed by atoms with Gasteiger partial charge in [0.2, 0.25) is 0 Å². The third-order valence-electron chi connectivity index (χ3n) is 10.1. The van der Waals surface area contributed by atoms with Crippen molar-refractivity contribution in [3.63, 3.8) is 0 Å². The van der Waals surface area contributed by atoms with Gasteiger partial charge in [-0.05, 0) is 63.6 Å². The van der Waals surface area contributed by atoms with Gasteiger partial charge < -0.3 is 0 Å². The Morgan fingerprint density at radius 3 is 1.74 bits per heavy atom. The number of fused-ring (bicyclic) bond motifs is 9. The molecule has 222 valence electrons. The summed E-state index contributed by atoms with van der Waals surface area (Å²) in [5.74, 6) is 0.718. The van der Waals surface area contributed by atoms with Gasteiger partial charge in [-0.2, -0.15) is 0 Å². The molecule has 0 fully saturated rings. The Balaban J connectivity index is 1.32. The van der Waals surface area contributed by atoms with Gasteiger partial charge in [0.25, 0.3) is 0 Å². The topological polar surface area (TPSA) is 25.8 Å². The van der Waals surface area contributed by atoms with E-state index in [0.29, 0.717) is 0 Å². The maximum absolute atomic E-state index is 5.20. The molecule has 2 heteroatoms. The molecule has 0 saturated heterocycles. The third kappa shape index (κ3) is 4.05. The molecule has 5 aromatic carbocycles. The van der Waals surface area contributed by atoms with E-state index in [9.17, 15) is 0 Å². The lowest BCUT2D eigenvalue weighted by Crippen LogP contribution is -2.27. The summed E-state index contributed by atoms with van der Waals surface area (Å²) < 4.78 is 0. The van der Waals surface area contributed by atoms with Crippen molar-refractivity contribution >= 4 is 5.57 Å². The first kappa shape index (κ1) is 27.5. The summed E-state index contributed by atoms with van der Waals surface area (Å²) in [6.45, 7) is 6.38. The Kier molecular flexibility index (Phi) is 6.04. The molecule has 0 saturated carbocycles. The van der Waals surface area contributed by atoms with Crippen molar-refractivity contribution in [3.05, 3.63) is 198 Å². The van der Waals surface area contributed by atoms with Gasteiger partial charge in [-0.15, -0.1) is 6.58 Å². The van der Waals surface area contributed by atoms with Crippen molar-refractivity contribution in [1.82, 2.24) is 9.97 Å². The highest BCUT2D eigenvalue weighted by atomic mass is 14.9. The van der Waals surface area contributed by atoms with Crippen LogP contribution in [0.15, 0.2) is 176 Å². The number of aromatic nitrogens is 2. The fourth-order valence-electron chi connectivity index (χ4n) is 7.74. The van der Waals surface area contributed by atoms with Gasteiger partial charge >= 0.3 is 0 Å². The van der Waals surface area contributed by atoms with E-state index in [-0.39, 0.29) is 5.41 Å². The third-order valence-corrected chi connectivity index (χ3v) is 10.1. The molecular weight excluding hydrogens is 569 g/mol. The van der Waals surface area contributed by atoms with Crippen LogP contribution in [-0.2, 0) is 5.41 Å². The van der Waals surface area contributed by atoms with Gasteiger partial charge in [-0.3, -0.25) is 0 Å². The van der Waals surface area contributed by atoms with Crippen molar-refractivity contribution in [1.29, 1.82) is 0 Å². The van der Waals surface area contributed by atoms with Crippen LogP contribution < -0.4 is 0 Å². The lowest BCUT2D eigenvalue weighted by atomic mass is 9.69. The standard InChI is InChI=1S/C45H32N2/c1-3-44(2)26-24-36-34-19-11-13-21-38(34)45(39(36)25-27-44)37-20-12-10-18-33(37)35-23-22-32(28-40(35)45)43-46-41(30-14-6-4-7-15-30)29-42(47-43)31-16-8-5-9-17-31/h3-29H,1H2,2H3. The molecule has 1 spiro atoms. The molecule has 6 aromatic rings. The molecule has 1 heterocycles.